The summed E-state index contributed by atoms with van der Waals surface area (Å²) in [7, 11) is 0. The van der Waals surface area contributed by atoms with Gasteiger partial charge in [-0.1, -0.05) is 20.3 Å². The van der Waals surface area contributed by atoms with E-state index in [1.165, 1.54) is 0 Å². The van der Waals surface area contributed by atoms with Crippen molar-refractivity contribution in [3.63, 3.8) is 0 Å². The van der Waals surface area contributed by atoms with Crippen molar-refractivity contribution < 1.29 is 9.53 Å². The molecule has 0 saturated heterocycles. The van der Waals surface area contributed by atoms with Gasteiger partial charge in [-0.05, 0) is 25.0 Å². The number of carbonyl (C=O) groups is 1. The molecule has 14 heavy (non-hydrogen) atoms. The van der Waals surface area contributed by atoms with Crippen LogP contribution in [0.15, 0.2) is 18.3 Å². The molecule has 0 aliphatic carbocycles. The summed E-state index contributed by atoms with van der Waals surface area (Å²) >= 11 is 0. The van der Waals surface area contributed by atoms with Gasteiger partial charge in [0.15, 0.2) is 0 Å². The van der Waals surface area contributed by atoms with Crippen LogP contribution in [-0.4, -0.2) is 17.3 Å². The fraction of sp³-hybridized carbons (Fsp3) is 0.545. The Morgan fingerprint density at radius 1 is 1.50 bits per heavy atom. The van der Waals surface area contributed by atoms with Crippen molar-refractivity contribution in [2.45, 2.75) is 33.1 Å². The lowest BCUT2D eigenvalue weighted by Crippen LogP contribution is -2.15. The van der Waals surface area contributed by atoms with E-state index >= 15 is 0 Å². The van der Waals surface area contributed by atoms with E-state index in [0.717, 1.165) is 25.0 Å². The van der Waals surface area contributed by atoms with E-state index in [-0.39, 0.29) is 6.09 Å². The zero-order valence-corrected chi connectivity index (χ0v) is 8.82. The monoisotopic (exact) mass is 195 g/mol. The van der Waals surface area contributed by atoms with E-state index in [1.54, 1.807) is 10.8 Å². The van der Waals surface area contributed by atoms with E-state index in [9.17, 15) is 4.79 Å². The minimum atomic E-state index is -0.264. The molecule has 0 bridgehead atoms. The molecule has 3 nitrogen and oxygen atoms in total. The molecule has 0 spiro atoms. The highest BCUT2D eigenvalue weighted by atomic mass is 16.5. The van der Waals surface area contributed by atoms with Crippen LogP contribution in [0.5, 0.6) is 0 Å². The van der Waals surface area contributed by atoms with Crippen LogP contribution in [0, 0.1) is 0 Å². The molecule has 0 saturated carbocycles. The van der Waals surface area contributed by atoms with Gasteiger partial charge in [-0.3, -0.25) is 4.57 Å². The standard InChI is InChI=1S/C11H17NO2/c1-3-5-9-14-11(13)12-8-6-7-10(12)4-2/h6-8H,3-5,9H2,1-2H3. The predicted octanol–water partition coefficient (Wildman–Crippen LogP) is 2.84. The van der Waals surface area contributed by atoms with Gasteiger partial charge in [0.05, 0.1) is 6.61 Å². The molecule has 0 fully saturated rings. The number of carbonyl (C=O) groups excluding carboxylic acids is 1. The van der Waals surface area contributed by atoms with Crippen LogP contribution >= 0.6 is 0 Å². The Morgan fingerprint density at radius 3 is 2.93 bits per heavy atom. The van der Waals surface area contributed by atoms with Gasteiger partial charge in [0, 0.05) is 11.9 Å². The van der Waals surface area contributed by atoms with E-state index in [1.807, 2.05) is 19.1 Å². The van der Waals surface area contributed by atoms with Crippen molar-refractivity contribution >= 4 is 6.09 Å². The van der Waals surface area contributed by atoms with Crippen molar-refractivity contribution in [2.75, 3.05) is 6.61 Å². The SMILES string of the molecule is CCCCOC(=O)n1cccc1CC. The first-order valence-electron chi connectivity index (χ1n) is 5.13. The number of aromatic nitrogens is 1. The van der Waals surface area contributed by atoms with E-state index < -0.39 is 0 Å². The highest BCUT2D eigenvalue weighted by molar-refractivity contribution is 5.71. The highest BCUT2D eigenvalue weighted by Gasteiger charge is 2.07. The van der Waals surface area contributed by atoms with Gasteiger partial charge < -0.3 is 4.74 Å². The van der Waals surface area contributed by atoms with Crippen molar-refractivity contribution in [3.05, 3.63) is 24.0 Å². The van der Waals surface area contributed by atoms with Crippen LogP contribution in [0.2, 0.25) is 0 Å². The Kier molecular flexibility index (Phi) is 4.23. The van der Waals surface area contributed by atoms with Crippen molar-refractivity contribution in [3.8, 4) is 0 Å². The quantitative estimate of drug-likeness (QED) is 0.692. The van der Waals surface area contributed by atoms with E-state index in [4.69, 9.17) is 4.74 Å². The number of aryl methyl sites for hydroxylation is 1. The summed E-state index contributed by atoms with van der Waals surface area (Å²) in [5, 5.41) is 0. The fourth-order valence-electron chi connectivity index (χ4n) is 1.26. The third-order valence-electron chi connectivity index (χ3n) is 2.12. The molecular formula is C11H17NO2. The largest absolute Gasteiger partial charge is 0.449 e. The lowest BCUT2D eigenvalue weighted by Gasteiger charge is -2.06. The van der Waals surface area contributed by atoms with Gasteiger partial charge in [-0.15, -0.1) is 0 Å². The summed E-state index contributed by atoms with van der Waals surface area (Å²) in [6, 6.07) is 3.79. The van der Waals surface area contributed by atoms with Crippen molar-refractivity contribution in [1.29, 1.82) is 0 Å². The molecule has 1 aromatic rings. The fourth-order valence-corrected chi connectivity index (χ4v) is 1.26. The summed E-state index contributed by atoms with van der Waals surface area (Å²) < 4.78 is 6.66. The Morgan fingerprint density at radius 2 is 2.29 bits per heavy atom. The first-order valence-corrected chi connectivity index (χ1v) is 5.13. The van der Waals surface area contributed by atoms with Gasteiger partial charge in [0.2, 0.25) is 0 Å². The molecule has 0 radical (unpaired) electrons. The molecule has 3 heteroatoms. The van der Waals surface area contributed by atoms with Crippen LogP contribution in [0.25, 0.3) is 0 Å². The topological polar surface area (TPSA) is 31.2 Å². The molecule has 0 aromatic carbocycles. The summed E-state index contributed by atoms with van der Waals surface area (Å²) in [6.45, 7) is 4.60. The van der Waals surface area contributed by atoms with Crippen LogP contribution in [0.1, 0.15) is 32.4 Å². The zero-order valence-electron chi connectivity index (χ0n) is 8.82. The summed E-state index contributed by atoms with van der Waals surface area (Å²) in [4.78, 5) is 11.5. The zero-order chi connectivity index (χ0) is 10.4. The Hall–Kier alpha value is -1.25. The average Bonchev–Trinajstić information content (AvgIpc) is 2.65. The second-order valence-corrected chi connectivity index (χ2v) is 3.19. The number of nitrogens with zero attached hydrogens (tertiary/aromatic N) is 1. The van der Waals surface area contributed by atoms with E-state index in [0.29, 0.717) is 6.61 Å². The number of unbranched alkanes of at least 4 members (excludes halogenated alkanes) is 1. The molecular weight excluding hydrogens is 178 g/mol. The maximum absolute atomic E-state index is 11.5. The minimum absolute atomic E-state index is 0.264. The van der Waals surface area contributed by atoms with Gasteiger partial charge in [0.25, 0.3) is 0 Å². The number of ether oxygens (including phenoxy) is 1. The molecule has 1 heterocycles. The van der Waals surface area contributed by atoms with Gasteiger partial charge in [-0.25, -0.2) is 4.79 Å². The Balaban J connectivity index is 2.51. The summed E-state index contributed by atoms with van der Waals surface area (Å²) in [5.74, 6) is 0. The van der Waals surface area contributed by atoms with Gasteiger partial charge in [0.1, 0.15) is 0 Å². The molecule has 1 rings (SSSR count). The Labute approximate surface area is 84.7 Å². The van der Waals surface area contributed by atoms with E-state index in [2.05, 4.69) is 6.92 Å². The molecule has 78 valence electrons. The number of rotatable bonds is 4. The van der Waals surface area contributed by atoms with Crippen LogP contribution in [-0.2, 0) is 11.2 Å². The third-order valence-corrected chi connectivity index (χ3v) is 2.12. The first kappa shape index (κ1) is 10.8. The normalized spacial score (nSPS) is 10.1. The molecule has 0 amide bonds. The van der Waals surface area contributed by atoms with Crippen LogP contribution in [0.3, 0.4) is 0 Å². The Bertz CT molecular complexity index is 291. The number of hydrogen-bond donors (Lipinski definition) is 0. The average molecular weight is 195 g/mol. The molecule has 1 aromatic heterocycles. The second kappa shape index (κ2) is 5.47. The van der Waals surface area contributed by atoms with Crippen molar-refractivity contribution in [1.82, 2.24) is 4.57 Å². The van der Waals surface area contributed by atoms with Gasteiger partial charge in [-0.2, -0.15) is 0 Å². The third kappa shape index (κ3) is 2.62. The maximum Gasteiger partial charge on any atom is 0.418 e. The molecule has 0 unspecified atom stereocenters. The molecule has 0 atom stereocenters. The lowest BCUT2D eigenvalue weighted by atomic mass is 10.3. The highest BCUT2D eigenvalue weighted by Crippen LogP contribution is 2.04. The molecule has 0 N–H and O–H groups in total. The lowest BCUT2D eigenvalue weighted by molar-refractivity contribution is 0.145. The molecule has 0 aliphatic rings. The number of hydrogen-bond acceptors (Lipinski definition) is 2. The smallest absolute Gasteiger partial charge is 0.418 e. The molecule has 0 aliphatic heterocycles. The van der Waals surface area contributed by atoms with Crippen molar-refractivity contribution in [2.24, 2.45) is 0 Å². The summed E-state index contributed by atoms with van der Waals surface area (Å²) in [6.07, 6.45) is 4.29. The second-order valence-electron chi connectivity index (χ2n) is 3.19. The first-order chi connectivity index (χ1) is 6.79. The van der Waals surface area contributed by atoms with Crippen LogP contribution in [0.4, 0.5) is 4.79 Å². The van der Waals surface area contributed by atoms with Gasteiger partial charge >= 0.3 is 6.09 Å². The van der Waals surface area contributed by atoms with Crippen LogP contribution < -0.4 is 0 Å². The predicted molar refractivity (Wildman–Crippen MR) is 55.5 cm³/mol. The minimum Gasteiger partial charge on any atom is -0.449 e. The summed E-state index contributed by atoms with van der Waals surface area (Å²) in [5.41, 5.74) is 0.992. The maximum atomic E-state index is 11.5.